The zero-order valence-electron chi connectivity index (χ0n) is 10.6. The van der Waals surface area contributed by atoms with Crippen LogP contribution in [-0.4, -0.2) is 11.0 Å². The van der Waals surface area contributed by atoms with Gasteiger partial charge in [-0.1, -0.05) is 6.07 Å². The van der Waals surface area contributed by atoms with E-state index in [1.807, 2.05) is 12.1 Å². The zero-order valence-corrected chi connectivity index (χ0v) is 12.2. The summed E-state index contributed by atoms with van der Waals surface area (Å²) in [7, 11) is 0. The van der Waals surface area contributed by atoms with Gasteiger partial charge in [-0.15, -0.1) is 0 Å². The summed E-state index contributed by atoms with van der Waals surface area (Å²) >= 11 is 3.31. The van der Waals surface area contributed by atoms with Crippen LogP contribution in [0.5, 0.6) is 0 Å². The van der Waals surface area contributed by atoms with E-state index < -0.39 is 11.6 Å². The highest BCUT2D eigenvalue weighted by Gasteiger charge is 2.13. The van der Waals surface area contributed by atoms with E-state index in [9.17, 15) is 8.78 Å². The lowest BCUT2D eigenvalue weighted by Crippen LogP contribution is -2.38. The van der Waals surface area contributed by atoms with E-state index in [0.717, 1.165) is 16.2 Å². The average molecular weight is 342 g/mol. The van der Waals surface area contributed by atoms with Gasteiger partial charge in [0, 0.05) is 34.9 Å². The smallest absolute Gasteiger partial charge is 0.129 e. The molecule has 0 bridgehead atoms. The Labute approximate surface area is 124 Å². The maximum atomic E-state index is 13.6. The normalized spacial score (nSPS) is 12.4. The van der Waals surface area contributed by atoms with E-state index in [-0.39, 0.29) is 6.04 Å². The lowest BCUT2D eigenvalue weighted by molar-refractivity contribution is 0.498. The Kier molecular flexibility index (Phi) is 5.17. The summed E-state index contributed by atoms with van der Waals surface area (Å²) in [6.07, 6.45) is 2.61. The van der Waals surface area contributed by atoms with Crippen molar-refractivity contribution in [3.8, 4) is 0 Å². The first-order valence-electron chi connectivity index (χ1n) is 6.09. The number of pyridine rings is 1. The molecule has 0 saturated carbocycles. The molecule has 1 atom stereocenters. The minimum Gasteiger partial charge on any atom is -0.271 e. The number of hydrogen-bond acceptors (Lipinski definition) is 3. The first-order chi connectivity index (χ1) is 9.58. The highest BCUT2D eigenvalue weighted by atomic mass is 79.9. The summed E-state index contributed by atoms with van der Waals surface area (Å²) in [4.78, 5) is 4.25. The first-order valence-corrected chi connectivity index (χ1v) is 6.88. The second-order valence-corrected chi connectivity index (χ2v) is 5.39. The maximum Gasteiger partial charge on any atom is 0.129 e. The van der Waals surface area contributed by atoms with Gasteiger partial charge in [0.15, 0.2) is 0 Å². The second kappa shape index (κ2) is 6.88. The van der Waals surface area contributed by atoms with Crippen molar-refractivity contribution in [2.45, 2.75) is 18.9 Å². The topological polar surface area (TPSA) is 50.9 Å². The van der Waals surface area contributed by atoms with E-state index in [0.29, 0.717) is 18.4 Å². The van der Waals surface area contributed by atoms with Crippen molar-refractivity contribution >= 4 is 15.9 Å². The zero-order chi connectivity index (χ0) is 14.5. The third-order valence-corrected chi connectivity index (χ3v) is 3.43. The Morgan fingerprint density at radius 3 is 2.60 bits per heavy atom. The standard InChI is InChI=1S/C14H14BrF2N3/c15-10-2-4-12(19-8-10)7-13(20-18)5-9-1-3-11(16)6-14(9)17/h1-4,6,8,13,20H,5,7,18H2. The molecule has 6 heteroatoms. The van der Waals surface area contributed by atoms with Gasteiger partial charge in [0.1, 0.15) is 11.6 Å². The number of hydrogen-bond donors (Lipinski definition) is 2. The Hall–Kier alpha value is -1.37. The molecule has 1 aromatic heterocycles. The number of nitrogens with zero attached hydrogens (tertiary/aromatic N) is 1. The van der Waals surface area contributed by atoms with Crippen LogP contribution in [0.15, 0.2) is 41.0 Å². The van der Waals surface area contributed by atoms with Crippen LogP contribution in [0.2, 0.25) is 0 Å². The molecule has 0 fully saturated rings. The van der Waals surface area contributed by atoms with Crippen LogP contribution in [0.25, 0.3) is 0 Å². The minimum absolute atomic E-state index is 0.177. The predicted octanol–water partition coefficient (Wildman–Crippen LogP) is 2.74. The highest BCUT2D eigenvalue weighted by Crippen LogP contribution is 2.14. The molecule has 0 aliphatic heterocycles. The van der Waals surface area contributed by atoms with Crippen LogP contribution in [-0.2, 0) is 12.8 Å². The number of benzene rings is 1. The SMILES string of the molecule is NNC(Cc1ccc(Br)cn1)Cc1ccc(F)cc1F. The van der Waals surface area contributed by atoms with E-state index >= 15 is 0 Å². The molecule has 2 rings (SSSR count). The Bertz CT molecular complexity index is 575. The molecule has 0 radical (unpaired) electrons. The maximum absolute atomic E-state index is 13.6. The van der Waals surface area contributed by atoms with Gasteiger partial charge in [-0.05, 0) is 46.1 Å². The fraction of sp³-hybridized carbons (Fsp3) is 0.214. The van der Waals surface area contributed by atoms with Crippen LogP contribution >= 0.6 is 15.9 Å². The highest BCUT2D eigenvalue weighted by molar-refractivity contribution is 9.10. The van der Waals surface area contributed by atoms with Gasteiger partial charge in [0.25, 0.3) is 0 Å². The van der Waals surface area contributed by atoms with Crippen molar-refractivity contribution in [3.63, 3.8) is 0 Å². The van der Waals surface area contributed by atoms with Crippen LogP contribution in [0.4, 0.5) is 8.78 Å². The molecule has 0 spiro atoms. The molecular weight excluding hydrogens is 328 g/mol. The van der Waals surface area contributed by atoms with Crippen molar-refractivity contribution in [1.82, 2.24) is 10.4 Å². The van der Waals surface area contributed by atoms with Crippen LogP contribution < -0.4 is 11.3 Å². The molecule has 106 valence electrons. The van der Waals surface area contributed by atoms with Gasteiger partial charge in [0.05, 0.1) is 0 Å². The lowest BCUT2D eigenvalue weighted by atomic mass is 10.0. The van der Waals surface area contributed by atoms with Gasteiger partial charge in [0.2, 0.25) is 0 Å². The third kappa shape index (κ3) is 4.06. The largest absolute Gasteiger partial charge is 0.271 e. The number of halogens is 3. The molecular formula is C14H14BrF2N3. The number of nitrogens with one attached hydrogen (secondary N) is 1. The summed E-state index contributed by atoms with van der Waals surface area (Å²) < 4.78 is 27.4. The lowest BCUT2D eigenvalue weighted by Gasteiger charge is -2.16. The Morgan fingerprint density at radius 2 is 2.00 bits per heavy atom. The third-order valence-electron chi connectivity index (χ3n) is 2.96. The second-order valence-electron chi connectivity index (χ2n) is 4.48. The van der Waals surface area contributed by atoms with E-state index in [1.165, 1.54) is 12.1 Å². The number of aromatic nitrogens is 1. The number of rotatable bonds is 5. The molecule has 0 amide bonds. The van der Waals surface area contributed by atoms with Crippen molar-refractivity contribution in [2.24, 2.45) is 5.84 Å². The fourth-order valence-corrected chi connectivity index (χ4v) is 2.16. The molecule has 20 heavy (non-hydrogen) atoms. The summed E-state index contributed by atoms with van der Waals surface area (Å²) in [5, 5.41) is 0. The van der Waals surface area contributed by atoms with Crippen LogP contribution in [0.3, 0.4) is 0 Å². The molecule has 0 aliphatic carbocycles. The minimum atomic E-state index is -0.585. The fourth-order valence-electron chi connectivity index (χ4n) is 1.92. The first kappa shape index (κ1) is 15.0. The summed E-state index contributed by atoms with van der Waals surface area (Å²) in [6.45, 7) is 0. The van der Waals surface area contributed by atoms with Crippen molar-refractivity contribution in [3.05, 3.63) is 63.9 Å². The molecule has 3 N–H and O–H groups in total. The molecule has 0 saturated heterocycles. The summed E-state index contributed by atoms with van der Waals surface area (Å²) in [5.74, 6) is 4.35. The monoisotopic (exact) mass is 341 g/mol. The summed E-state index contributed by atoms with van der Waals surface area (Å²) in [5.41, 5.74) is 3.91. The average Bonchev–Trinajstić information content (AvgIpc) is 2.43. The van der Waals surface area contributed by atoms with E-state index in [4.69, 9.17) is 5.84 Å². The number of hydrazine groups is 1. The van der Waals surface area contributed by atoms with Crippen molar-refractivity contribution < 1.29 is 8.78 Å². The van der Waals surface area contributed by atoms with Crippen molar-refractivity contribution in [2.75, 3.05) is 0 Å². The van der Waals surface area contributed by atoms with Gasteiger partial charge in [-0.25, -0.2) is 8.78 Å². The molecule has 1 unspecified atom stereocenters. The van der Waals surface area contributed by atoms with Gasteiger partial charge < -0.3 is 0 Å². The summed E-state index contributed by atoms with van der Waals surface area (Å²) in [6, 6.07) is 7.13. The van der Waals surface area contributed by atoms with Crippen molar-refractivity contribution in [1.29, 1.82) is 0 Å². The molecule has 0 aliphatic rings. The van der Waals surface area contributed by atoms with Crippen LogP contribution in [0, 0.1) is 11.6 Å². The Balaban J connectivity index is 2.07. The molecule has 1 aromatic carbocycles. The quantitative estimate of drug-likeness (QED) is 0.649. The van der Waals surface area contributed by atoms with Gasteiger partial charge in [-0.3, -0.25) is 16.3 Å². The predicted molar refractivity (Wildman–Crippen MR) is 76.8 cm³/mol. The molecule has 3 nitrogen and oxygen atoms in total. The van der Waals surface area contributed by atoms with Gasteiger partial charge >= 0.3 is 0 Å². The van der Waals surface area contributed by atoms with Gasteiger partial charge in [-0.2, -0.15) is 0 Å². The molecule has 2 aromatic rings. The molecule has 1 heterocycles. The van der Waals surface area contributed by atoms with Crippen LogP contribution in [0.1, 0.15) is 11.3 Å². The van der Waals surface area contributed by atoms with E-state index in [1.54, 1.807) is 6.20 Å². The Morgan fingerprint density at radius 1 is 1.20 bits per heavy atom. The number of nitrogens with two attached hydrogens (primary N) is 1. The van der Waals surface area contributed by atoms with E-state index in [2.05, 4.69) is 26.3 Å².